The van der Waals surface area contributed by atoms with Crippen LogP contribution >= 0.6 is 11.6 Å². The van der Waals surface area contributed by atoms with Crippen molar-refractivity contribution in [3.63, 3.8) is 0 Å². The number of fused-ring (bicyclic) bond motifs is 1. The van der Waals surface area contributed by atoms with Crippen LogP contribution in [0.3, 0.4) is 0 Å². The number of unbranched alkanes of at least 4 members (excludes halogenated alkanes) is 2. The Hall–Kier alpha value is -3.54. The molecule has 0 aromatic heterocycles. The summed E-state index contributed by atoms with van der Waals surface area (Å²) in [7, 11) is 1.53. The van der Waals surface area contributed by atoms with Crippen LogP contribution < -0.4 is 26.4 Å². The number of amides is 3. The number of carbonyl (C=O) groups is 2. The lowest BCUT2D eigenvalue weighted by Crippen LogP contribution is -2.60. The van der Waals surface area contributed by atoms with Crippen molar-refractivity contribution in [2.75, 3.05) is 39.8 Å². The fourth-order valence-electron chi connectivity index (χ4n) is 5.15. The maximum atomic E-state index is 13.9. The van der Waals surface area contributed by atoms with Crippen LogP contribution in [0.4, 0.5) is 14.0 Å². The van der Waals surface area contributed by atoms with Crippen LogP contribution in [0, 0.1) is 5.82 Å². The van der Waals surface area contributed by atoms with Crippen LogP contribution in [0.5, 0.6) is 5.75 Å². The Kier molecular flexibility index (Phi) is 10.1. The number of carbonyl (C=O) groups excluding carboxylic acids is 1. The lowest BCUT2D eigenvalue weighted by molar-refractivity contribution is 0.0581. The van der Waals surface area contributed by atoms with Crippen molar-refractivity contribution >= 4 is 35.5 Å². The molecular weight excluding hydrogens is 539 g/mol. The second-order valence-corrected chi connectivity index (χ2v) is 10.3. The number of piperazine rings is 1. The Labute approximate surface area is 237 Å². The Morgan fingerprint density at radius 2 is 1.90 bits per heavy atom. The van der Waals surface area contributed by atoms with Crippen LogP contribution in [0.15, 0.2) is 36.4 Å². The number of carboxylic acid groups (broad SMARTS) is 1. The van der Waals surface area contributed by atoms with Gasteiger partial charge in [-0.05, 0) is 49.6 Å². The van der Waals surface area contributed by atoms with E-state index in [2.05, 4.69) is 20.9 Å². The SMILES string of the molecule is CN(C(=O)NCc1cccc(F)c1Cl)N1C(CCCCCN2CCNCC2)=c2cccc(O)c2=C[C@H]1NC(=O)O. The van der Waals surface area contributed by atoms with Gasteiger partial charge in [-0.2, -0.15) is 0 Å². The zero-order valence-corrected chi connectivity index (χ0v) is 23.3. The molecule has 1 fully saturated rings. The lowest BCUT2D eigenvalue weighted by Gasteiger charge is -2.41. The maximum absolute atomic E-state index is 13.9. The molecule has 1 atom stereocenters. The summed E-state index contributed by atoms with van der Waals surface area (Å²) in [5.74, 6) is -0.555. The number of hydrogen-bond donors (Lipinski definition) is 5. The first-order chi connectivity index (χ1) is 19.3. The number of hydrogen-bond acceptors (Lipinski definition) is 6. The first kappa shape index (κ1) is 29.4. The van der Waals surface area contributed by atoms with E-state index >= 15 is 0 Å². The zero-order chi connectivity index (χ0) is 28.6. The normalized spacial score (nSPS) is 17.1. The third kappa shape index (κ3) is 7.15. The molecule has 2 aliphatic heterocycles. The Morgan fingerprint density at radius 1 is 1.15 bits per heavy atom. The summed E-state index contributed by atoms with van der Waals surface area (Å²) in [6, 6.07) is 8.95. The van der Waals surface area contributed by atoms with Gasteiger partial charge in [0.1, 0.15) is 17.7 Å². The van der Waals surface area contributed by atoms with E-state index in [4.69, 9.17) is 11.6 Å². The molecular formula is C28H36ClFN6O4. The maximum Gasteiger partial charge on any atom is 0.406 e. The average Bonchev–Trinajstić information content (AvgIpc) is 2.94. The minimum atomic E-state index is -1.28. The number of rotatable bonds is 10. The second kappa shape index (κ2) is 13.7. The minimum absolute atomic E-state index is 0.0208. The van der Waals surface area contributed by atoms with Crippen LogP contribution in [0.1, 0.15) is 31.2 Å². The van der Waals surface area contributed by atoms with Crippen LogP contribution in [-0.4, -0.2) is 83.2 Å². The quantitative estimate of drug-likeness (QED) is 0.276. The highest BCUT2D eigenvalue weighted by Crippen LogP contribution is 2.23. The summed E-state index contributed by atoms with van der Waals surface area (Å²) in [5, 5.41) is 32.8. The van der Waals surface area contributed by atoms with E-state index in [-0.39, 0.29) is 17.3 Å². The fourth-order valence-corrected chi connectivity index (χ4v) is 5.35. The lowest BCUT2D eigenvalue weighted by atomic mass is 10.0. The summed E-state index contributed by atoms with van der Waals surface area (Å²) in [6.07, 6.45) is 2.68. The van der Waals surface area contributed by atoms with Gasteiger partial charge in [0.2, 0.25) is 0 Å². The number of aromatic hydroxyl groups is 1. The number of phenolic OH excluding ortho intramolecular Hbond substituents is 1. The molecule has 4 rings (SSSR count). The van der Waals surface area contributed by atoms with Gasteiger partial charge in [-0.1, -0.05) is 42.3 Å². The summed E-state index contributed by atoms with van der Waals surface area (Å²) in [6.45, 7) is 5.07. The van der Waals surface area contributed by atoms with E-state index in [1.165, 1.54) is 24.2 Å². The monoisotopic (exact) mass is 574 g/mol. The first-order valence-corrected chi connectivity index (χ1v) is 13.8. The van der Waals surface area contributed by atoms with Gasteiger partial charge in [0.25, 0.3) is 0 Å². The van der Waals surface area contributed by atoms with E-state index in [1.807, 2.05) is 6.07 Å². The molecule has 3 amide bonds. The average molecular weight is 575 g/mol. The molecule has 12 heteroatoms. The number of halogens is 2. The Balaban J connectivity index is 1.55. The van der Waals surface area contributed by atoms with Crippen molar-refractivity contribution in [1.29, 1.82) is 0 Å². The van der Waals surface area contributed by atoms with Crippen molar-refractivity contribution in [2.24, 2.45) is 0 Å². The van der Waals surface area contributed by atoms with Crippen LogP contribution in [0.25, 0.3) is 11.8 Å². The Bertz CT molecular complexity index is 1340. The summed E-state index contributed by atoms with van der Waals surface area (Å²) >= 11 is 6.05. The van der Waals surface area contributed by atoms with Gasteiger partial charge in [-0.3, -0.25) is 10.3 Å². The summed E-state index contributed by atoms with van der Waals surface area (Å²) in [4.78, 5) is 27.5. The third-order valence-electron chi connectivity index (χ3n) is 7.21. The number of benzene rings is 2. The molecule has 0 radical (unpaired) electrons. The van der Waals surface area contributed by atoms with E-state index in [0.717, 1.165) is 57.2 Å². The fraction of sp³-hybridized carbons (Fsp3) is 0.429. The highest BCUT2D eigenvalue weighted by Gasteiger charge is 2.31. The van der Waals surface area contributed by atoms with Crippen molar-refractivity contribution in [2.45, 2.75) is 38.4 Å². The first-order valence-electron chi connectivity index (χ1n) is 13.5. The molecule has 10 nitrogen and oxygen atoms in total. The molecule has 1 saturated heterocycles. The van der Waals surface area contributed by atoms with Gasteiger partial charge in [0.15, 0.2) is 0 Å². The van der Waals surface area contributed by atoms with Gasteiger partial charge in [-0.25, -0.2) is 19.0 Å². The molecule has 2 heterocycles. The van der Waals surface area contributed by atoms with E-state index in [0.29, 0.717) is 22.9 Å². The van der Waals surface area contributed by atoms with Crippen LogP contribution in [-0.2, 0) is 6.54 Å². The zero-order valence-electron chi connectivity index (χ0n) is 22.5. The van der Waals surface area contributed by atoms with E-state index in [9.17, 15) is 24.2 Å². The van der Waals surface area contributed by atoms with E-state index in [1.54, 1.807) is 29.3 Å². The number of hydrazine groups is 1. The molecule has 216 valence electrons. The van der Waals surface area contributed by atoms with Gasteiger partial charge in [0.05, 0.1) is 5.02 Å². The highest BCUT2D eigenvalue weighted by molar-refractivity contribution is 6.31. The van der Waals surface area contributed by atoms with Crippen molar-refractivity contribution in [3.8, 4) is 5.75 Å². The minimum Gasteiger partial charge on any atom is -0.507 e. The molecule has 40 heavy (non-hydrogen) atoms. The largest absolute Gasteiger partial charge is 0.507 e. The molecule has 0 aliphatic carbocycles. The van der Waals surface area contributed by atoms with Gasteiger partial charge in [-0.15, -0.1) is 0 Å². The topological polar surface area (TPSA) is 120 Å². The Morgan fingerprint density at radius 3 is 2.65 bits per heavy atom. The predicted molar refractivity (Wildman–Crippen MR) is 151 cm³/mol. The number of urea groups is 1. The molecule has 2 aromatic carbocycles. The van der Waals surface area contributed by atoms with Gasteiger partial charge < -0.3 is 25.7 Å². The standard InChI is InChI=1S/C28H36ClFN6O4/c1-34(27(38)32-18-19-7-5-9-22(30)26(19)29)36-23(10-3-2-4-14-35-15-12-31-13-16-35)20-8-6-11-24(37)21(20)17-25(36)33-28(39)40/h5-9,11,17,25,31,33,37H,2-4,10,12-16,18H2,1H3,(H,32,38)(H,39,40)/t25-/m0/s1. The van der Waals surface area contributed by atoms with Crippen molar-refractivity contribution in [1.82, 2.24) is 30.9 Å². The summed E-state index contributed by atoms with van der Waals surface area (Å²) in [5.41, 5.74) is 1.12. The molecule has 0 spiro atoms. The van der Waals surface area contributed by atoms with Gasteiger partial charge in [0, 0.05) is 55.9 Å². The number of nitrogens with zero attached hydrogens (tertiary/aromatic N) is 3. The molecule has 2 aromatic rings. The van der Waals surface area contributed by atoms with E-state index < -0.39 is 24.1 Å². The van der Waals surface area contributed by atoms with Gasteiger partial charge >= 0.3 is 12.1 Å². The number of nitrogens with one attached hydrogen (secondary N) is 3. The predicted octanol–water partition coefficient (Wildman–Crippen LogP) is 2.20. The number of phenols is 1. The second-order valence-electron chi connectivity index (χ2n) is 9.89. The molecule has 5 N–H and O–H groups in total. The molecule has 0 bridgehead atoms. The summed E-state index contributed by atoms with van der Waals surface area (Å²) < 4.78 is 13.9. The molecule has 0 saturated carbocycles. The van der Waals surface area contributed by atoms with Crippen molar-refractivity contribution in [3.05, 3.63) is 63.2 Å². The third-order valence-corrected chi connectivity index (χ3v) is 7.63. The molecule has 2 aliphatic rings. The molecule has 0 unspecified atom stereocenters. The highest BCUT2D eigenvalue weighted by atomic mass is 35.5. The van der Waals surface area contributed by atoms with Crippen molar-refractivity contribution < 1.29 is 24.2 Å². The van der Waals surface area contributed by atoms with Crippen LogP contribution in [0.2, 0.25) is 5.02 Å². The smallest absolute Gasteiger partial charge is 0.406 e.